The van der Waals surface area contributed by atoms with E-state index in [0.29, 0.717) is 0 Å². The molecule has 2 aliphatic rings. The maximum absolute atomic E-state index is 11.4. The minimum atomic E-state index is -0.154. The van der Waals surface area contributed by atoms with E-state index in [0.717, 1.165) is 70.9 Å². The van der Waals surface area contributed by atoms with Crippen molar-refractivity contribution in [3.05, 3.63) is 35.4 Å². The van der Waals surface area contributed by atoms with Crippen LogP contribution >= 0.6 is 0 Å². The molecule has 1 aromatic rings. The van der Waals surface area contributed by atoms with Gasteiger partial charge in [-0.05, 0) is 49.9 Å². The first-order valence-corrected chi connectivity index (χ1v) is 9.71. The number of guanidine groups is 1. The molecule has 1 aromatic carbocycles. The first-order chi connectivity index (χ1) is 12.7. The molecule has 0 spiro atoms. The Balaban J connectivity index is 1.42. The van der Waals surface area contributed by atoms with Gasteiger partial charge in [0.1, 0.15) is 0 Å². The minimum Gasteiger partial charge on any atom is -0.369 e. The largest absolute Gasteiger partial charge is 0.369 e. The fraction of sp³-hybridized carbons (Fsp3) is 0.600. The monoisotopic (exact) mass is 357 g/mol. The standard InChI is InChI=1S/C20H31N5O/c1-22-20(25-13-9-16-6-2-3-7-17(16)15-25)23-10-5-12-24-11-4-8-18(14-24)19(21)26/h2-3,6-7,18H,4-5,8-15H2,1H3,(H2,21,26)(H,22,23). The van der Waals surface area contributed by atoms with Gasteiger partial charge in [0.2, 0.25) is 5.91 Å². The van der Waals surface area contributed by atoms with Crippen LogP contribution in [0.3, 0.4) is 0 Å². The number of hydrogen-bond acceptors (Lipinski definition) is 3. The Morgan fingerprint density at radius 1 is 1.31 bits per heavy atom. The quantitative estimate of drug-likeness (QED) is 0.472. The molecule has 1 fully saturated rings. The van der Waals surface area contributed by atoms with Crippen molar-refractivity contribution in [2.45, 2.75) is 32.2 Å². The molecule has 0 radical (unpaired) electrons. The number of primary amides is 1. The molecule has 1 saturated heterocycles. The molecule has 1 unspecified atom stereocenters. The number of likely N-dealkylation sites (tertiary alicyclic amines) is 1. The van der Waals surface area contributed by atoms with Gasteiger partial charge >= 0.3 is 0 Å². The molecule has 3 rings (SSSR count). The van der Waals surface area contributed by atoms with Crippen molar-refractivity contribution in [1.82, 2.24) is 15.1 Å². The Hall–Kier alpha value is -2.08. The number of nitrogens with zero attached hydrogens (tertiary/aromatic N) is 3. The molecule has 142 valence electrons. The number of amides is 1. The molecular weight excluding hydrogens is 326 g/mol. The molecule has 1 amide bonds. The first-order valence-electron chi connectivity index (χ1n) is 9.71. The summed E-state index contributed by atoms with van der Waals surface area (Å²) in [7, 11) is 1.85. The van der Waals surface area contributed by atoms with Gasteiger partial charge in [-0.15, -0.1) is 0 Å². The van der Waals surface area contributed by atoms with E-state index >= 15 is 0 Å². The third kappa shape index (κ3) is 4.75. The molecule has 2 heterocycles. The Morgan fingerprint density at radius 3 is 2.88 bits per heavy atom. The van der Waals surface area contributed by atoms with E-state index in [4.69, 9.17) is 5.73 Å². The molecular formula is C20H31N5O. The van der Waals surface area contributed by atoms with Crippen LogP contribution in [0.2, 0.25) is 0 Å². The van der Waals surface area contributed by atoms with Crippen molar-refractivity contribution in [2.75, 3.05) is 39.8 Å². The molecule has 3 N–H and O–H groups in total. The zero-order valence-electron chi connectivity index (χ0n) is 15.8. The lowest BCUT2D eigenvalue weighted by Gasteiger charge is -2.32. The maximum atomic E-state index is 11.4. The zero-order chi connectivity index (χ0) is 18.4. The second-order valence-corrected chi connectivity index (χ2v) is 7.31. The summed E-state index contributed by atoms with van der Waals surface area (Å²) >= 11 is 0. The fourth-order valence-corrected chi connectivity index (χ4v) is 4.00. The highest BCUT2D eigenvalue weighted by molar-refractivity contribution is 5.80. The molecule has 2 aliphatic heterocycles. The smallest absolute Gasteiger partial charge is 0.221 e. The van der Waals surface area contributed by atoms with Gasteiger partial charge in [-0.2, -0.15) is 0 Å². The van der Waals surface area contributed by atoms with Crippen molar-refractivity contribution in [3.63, 3.8) is 0 Å². The van der Waals surface area contributed by atoms with Crippen LogP contribution in [0.4, 0.5) is 0 Å². The predicted molar refractivity (Wildman–Crippen MR) is 105 cm³/mol. The van der Waals surface area contributed by atoms with Gasteiger partial charge in [0.05, 0.1) is 5.92 Å². The summed E-state index contributed by atoms with van der Waals surface area (Å²) < 4.78 is 0. The number of fused-ring (bicyclic) bond motifs is 1. The van der Waals surface area contributed by atoms with E-state index in [9.17, 15) is 4.79 Å². The number of carbonyl (C=O) groups is 1. The number of nitrogens with one attached hydrogen (secondary N) is 1. The lowest BCUT2D eigenvalue weighted by atomic mass is 9.97. The lowest BCUT2D eigenvalue weighted by Crippen LogP contribution is -2.45. The molecule has 0 aliphatic carbocycles. The van der Waals surface area contributed by atoms with E-state index in [1.54, 1.807) is 0 Å². The van der Waals surface area contributed by atoms with Crippen LogP contribution in [0, 0.1) is 5.92 Å². The van der Waals surface area contributed by atoms with E-state index in [2.05, 4.69) is 44.4 Å². The Labute approximate surface area is 156 Å². The van der Waals surface area contributed by atoms with E-state index in [1.165, 1.54) is 11.1 Å². The van der Waals surface area contributed by atoms with Crippen LogP contribution in [-0.4, -0.2) is 61.4 Å². The third-order valence-electron chi connectivity index (χ3n) is 5.48. The number of nitrogens with two attached hydrogens (primary N) is 1. The summed E-state index contributed by atoms with van der Waals surface area (Å²) in [5.74, 6) is 0.852. The van der Waals surface area contributed by atoms with Crippen molar-refractivity contribution in [1.29, 1.82) is 0 Å². The molecule has 6 heteroatoms. The van der Waals surface area contributed by atoms with Crippen LogP contribution in [0.5, 0.6) is 0 Å². The van der Waals surface area contributed by atoms with Crippen molar-refractivity contribution in [2.24, 2.45) is 16.6 Å². The highest BCUT2D eigenvalue weighted by atomic mass is 16.1. The number of rotatable bonds is 5. The summed E-state index contributed by atoms with van der Waals surface area (Å²) in [6, 6.07) is 8.66. The fourth-order valence-electron chi connectivity index (χ4n) is 4.00. The average Bonchev–Trinajstić information content (AvgIpc) is 2.68. The highest BCUT2D eigenvalue weighted by Gasteiger charge is 2.23. The van der Waals surface area contributed by atoms with Crippen LogP contribution in [0.1, 0.15) is 30.4 Å². The summed E-state index contributed by atoms with van der Waals surface area (Å²) in [6.45, 7) is 5.69. The number of piperidine rings is 1. The topological polar surface area (TPSA) is 74.0 Å². The predicted octanol–water partition coefficient (Wildman–Crippen LogP) is 1.21. The highest BCUT2D eigenvalue weighted by Crippen LogP contribution is 2.18. The van der Waals surface area contributed by atoms with Gasteiger partial charge in [0.15, 0.2) is 5.96 Å². The number of carbonyl (C=O) groups excluding carboxylic acids is 1. The van der Waals surface area contributed by atoms with E-state index in [1.807, 2.05) is 7.05 Å². The van der Waals surface area contributed by atoms with Gasteiger partial charge < -0.3 is 20.9 Å². The zero-order valence-corrected chi connectivity index (χ0v) is 15.8. The summed E-state index contributed by atoms with van der Waals surface area (Å²) in [5.41, 5.74) is 8.31. The SMILES string of the molecule is CN=C(NCCCN1CCCC(C(N)=O)C1)N1CCc2ccccc2C1. The molecule has 0 aromatic heterocycles. The van der Waals surface area contributed by atoms with Gasteiger partial charge in [0, 0.05) is 33.2 Å². The van der Waals surface area contributed by atoms with E-state index in [-0.39, 0.29) is 11.8 Å². The average molecular weight is 358 g/mol. The summed E-state index contributed by atoms with van der Waals surface area (Å²) in [6.07, 6.45) is 4.11. The van der Waals surface area contributed by atoms with Crippen LogP contribution in [0.15, 0.2) is 29.3 Å². The van der Waals surface area contributed by atoms with E-state index < -0.39 is 0 Å². The minimum absolute atomic E-state index is 0.0258. The summed E-state index contributed by atoms with van der Waals surface area (Å²) in [5, 5.41) is 3.50. The maximum Gasteiger partial charge on any atom is 0.221 e. The number of aliphatic imine (C=N–C) groups is 1. The van der Waals surface area contributed by atoms with Gasteiger partial charge in [-0.3, -0.25) is 9.79 Å². The van der Waals surface area contributed by atoms with Gasteiger partial charge in [0.25, 0.3) is 0 Å². The van der Waals surface area contributed by atoms with Crippen molar-refractivity contribution >= 4 is 11.9 Å². The van der Waals surface area contributed by atoms with Crippen LogP contribution in [0.25, 0.3) is 0 Å². The first kappa shape index (κ1) is 18.7. The van der Waals surface area contributed by atoms with Crippen molar-refractivity contribution in [3.8, 4) is 0 Å². The molecule has 0 saturated carbocycles. The summed E-state index contributed by atoms with van der Waals surface area (Å²) in [4.78, 5) is 20.5. The third-order valence-corrected chi connectivity index (χ3v) is 5.48. The Bertz CT molecular complexity index is 645. The molecule has 0 bridgehead atoms. The van der Waals surface area contributed by atoms with Crippen LogP contribution in [-0.2, 0) is 17.8 Å². The Kier molecular flexibility index (Phi) is 6.50. The molecule has 6 nitrogen and oxygen atoms in total. The molecule has 1 atom stereocenters. The van der Waals surface area contributed by atoms with Crippen LogP contribution < -0.4 is 11.1 Å². The Morgan fingerprint density at radius 2 is 2.12 bits per heavy atom. The lowest BCUT2D eigenvalue weighted by molar-refractivity contribution is -0.123. The van der Waals surface area contributed by atoms with Gasteiger partial charge in [-0.25, -0.2) is 0 Å². The van der Waals surface area contributed by atoms with Gasteiger partial charge in [-0.1, -0.05) is 24.3 Å². The number of hydrogen-bond donors (Lipinski definition) is 2. The molecule has 26 heavy (non-hydrogen) atoms. The second-order valence-electron chi connectivity index (χ2n) is 7.31. The second kappa shape index (κ2) is 9.03. The normalized spacial score (nSPS) is 21.3. The van der Waals surface area contributed by atoms with Crippen molar-refractivity contribution < 1.29 is 4.79 Å². The number of benzene rings is 1.